The van der Waals surface area contributed by atoms with Crippen LogP contribution in [0.3, 0.4) is 0 Å². The van der Waals surface area contributed by atoms with Gasteiger partial charge in [-0.15, -0.1) is 0 Å². The topological polar surface area (TPSA) is 90.3 Å². The molecule has 6 heteroatoms. The molecule has 0 saturated heterocycles. The SMILES string of the molecule is Cc1nc(-c2ccc(N=[N+]=[N-])cc2)n[nH]1. The van der Waals surface area contributed by atoms with Gasteiger partial charge in [-0.2, -0.15) is 5.10 Å². The van der Waals surface area contributed by atoms with E-state index in [9.17, 15) is 0 Å². The molecule has 0 fully saturated rings. The van der Waals surface area contributed by atoms with E-state index in [-0.39, 0.29) is 0 Å². The lowest BCUT2D eigenvalue weighted by Gasteiger charge is -1.94. The molecule has 6 nitrogen and oxygen atoms in total. The van der Waals surface area contributed by atoms with Gasteiger partial charge in [0.25, 0.3) is 0 Å². The molecule has 0 aliphatic carbocycles. The molecule has 0 bridgehead atoms. The Hall–Kier alpha value is -2.33. The van der Waals surface area contributed by atoms with E-state index in [0.717, 1.165) is 11.4 Å². The molecule has 1 N–H and O–H groups in total. The van der Waals surface area contributed by atoms with E-state index < -0.39 is 0 Å². The van der Waals surface area contributed by atoms with Crippen LogP contribution < -0.4 is 0 Å². The molecule has 0 atom stereocenters. The van der Waals surface area contributed by atoms with Crippen molar-refractivity contribution in [2.75, 3.05) is 0 Å². The number of hydrogen-bond acceptors (Lipinski definition) is 3. The van der Waals surface area contributed by atoms with Crippen LogP contribution in [0.1, 0.15) is 5.82 Å². The quantitative estimate of drug-likeness (QED) is 0.458. The van der Waals surface area contributed by atoms with Gasteiger partial charge in [-0.1, -0.05) is 29.4 Å². The van der Waals surface area contributed by atoms with Crippen molar-refractivity contribution in [3.05, 3.63) is 40.5 Å². The van der Waals surface area contributed by atoms with Crippen LogP contribution in [-0.2, 0) is 0 Å². The zero-order valence-corrected chi connectivity index (χ0v) is 8.05. The minimum atomic E-state index is 0.577. The Kier molecular flexibility index (Phi) is 2.35. The first kappa shape index (κ1) is 9.23. The fourth-order valence-corrected chi connectivity index (χ4v) is 1.20. The molecule has 0 spiro atoms. The molecule has 0 unspecified atom stereocenters. The third kappa shape index (κ3) is 1.95. The summed E-state index contributed by atoms with van der Waals surface area (Å²) in [6.45, 7) is 1.84. The van der Waals surface area contributed by atoms with Gasteiger partial charge in [-0.25, -0.2) is 4.98 Å². The van der Waals surface area contributed by atoms with E-state index in [1.54, 1.807) is 12.1 Å². The zero-order valence-electron chi connectivity index (χ0n) is 8.05. The lowest BCUT2D eigenvalue weighted by molar-refractivity contribution is 1.04. The van der Waals surface area contributed by atoms with Crippen LogP contribution in [0.4, 0.5) is 5.69 Å². The van der Waals surface area contributed by atoms with Gasteiger partial charge in [0.2, 0.25) is 0 Å². The summed E-state index contributed by atoms with van der Waals surface area (Å²) < 4.78 is 0. The molecular formula is C9H8N6. The van der Waals surface area contributed by atoms with Gasteiger partial charge < -0.3 is 0 Å². The van der Waals surface area contributed by atoms with Gasteiger partial charge in [0.05, 0.1) is 0 Å². The predicted octanol–water partition coefficient (Wildman–Crippen LogP) is 2.72. The lowest BCUT2D eigenvalue weighted by atomic mass is 10.2. The number of nitrogens with zero attached hydrogens (tertiary/aromatic N) is 5. The van der Waals surface area contributed by atoms with Crippen molar-refractivity contribution in [2.24, 2.45) is 5.11 Å². The van der Waals surface area contributed by atoms with E-state index >= 15 is 0 Å². The van der Waals surface area contributed by atoms with Gasteiger partial charge >= 0.3 is 0 Å². The molecule has 0 amide bonds. The molecule has 2 aromatic rings. The Labute approximate surface area is 85.6 Å². The van der Waals surface area contributed by atoms with Crippen LogP contribution >= 0.6 is 0 Å². The number of aryl methyl sites for hydroxylation is 1. The number of hydrogen-bond donors (Lipinski definition) is 1. The van der Waals surface area contributed by atoms with Crippen LogP contribution in [0.15, 0.2) is 29.4 Å². The molecular weight excluding hydrogens is 192 g/mol. The number of rotatable bonds is 2. The highest BCUT2D eigenvalue weighted by molar-refractivity contribution is 5.57. The van der Waals surface area contributed by atoms with Crippen molar-refractivity contribution in [3.8, 4) is 11.4 Å². The number of azide groups is 1. The maximum atomic E-state index is 8.24. The molecule has 0 saturated carbocycles. The number of H-pyrrole nitrogens is 1. The molecule has 2 rings (SSSR count). The first-order valence-corrected chi connectivity index (χ1v) is 4.34. The summed E-state index contributed by atoms with van der Waals surface area (Å²) in [6, 6.07) is 7.07. The van der Waals surface area contributed by atoms with Crippen LogP contribution in [-0.4, -0.2) is 15.2 Å². The van der Waals surface area contributed by atoms with Gasteiger partial charge in [-0.05, 0) is 12.5 Å². The lowest BCUT2D eigenvalue weighted by Crippen LogP contribution is -1.79. The molecule has 0 aliphatic heterocycles. The van der Waals surface area contributed by atoms with Crippen LogP contribution in [0.25, 0.3) is 21.8 Å². The summed E-state index contributed by atoms with van der Waals surface area (Å²) in [5.74, 6) is 1.41. The molecule has 0 radical (unpaired) electrons. The van der Waals surface area contributed by atoms with Gasteiger partial charge in [0.1, 0.15) is 5.82 Å². The van der Waals surface area contributed by atoms with Crippen molar-refractivity contribution in [1.82, 2.24) is 15.2 Å². The Bertz CT molecular complexity index is 506. The highest BCUT2D eigenvalue weighted by Crippen LogP contribution is 2.19. The van der Waals surface area contributed by atoms with Crippen LogP contribution in [0.2, 0.25) is 0 Å². The molecule has 1 aromatic carbocycles. The summed E-state index contributed by atoms with van der Waals surface area (Å²) in [7, 11) is 0. The predicted molar refractivity (Wildman–Crippen MR) is 55.4 cm³/mol. The maximum Gasteiger partial charge on any atom is 0.181 e. The van der Waals surface area contributed by atoms with Crippen molar-refractivity contribution in [1.29, 1.82) is 0 Å². The Morgan fingerprint density at radius 3 is 2.60 bits per heavy atom. The van der Waals surface area contributed by atoms with Crippen molar-refractivity contribution in [3.63, 3.8) is 0 Å². The highest BCUT2D eigenvalue weighted by Gasteiger charge is 2.02. The first-order valence-electron chi connectivity index (χ1n) is 4.34. The first-order chi connectivity index (χ1) is 7.29. The van der Waals surface area contributed by atoms with Crippen molar-refractivity contribution in [2.45, 2.75) is 6.92 Å². The molecule has 1 aromatic heterocycles. The van der Waals surface area contributed by atoms with Crippen molar-refractivity contribution >= 4 is 5.69 Å². The van der Waals surface area contributed by atoms with Crippen molar-refractivity contribution < 1.29 is 0 Å². The van der Waals surface area contributed by atoms with Crippen LogP contribution in [0, 0.1) is 6.92 Å². The van der Waals surface area contributed by atoms with E-state index in [4.69, 9.17) is 5.53 Å². The summed E-state index contributed by atoms with van der Waals surface area (Å²) in [5, 5.41) is 10.3. The fourth-order valence-electron chi connectivity index (χ4n) is 1.20. The molecule has 1 heterocycles. The maximum absolute atomic E-state index is 8.24. The second-order valence-electron chi connectivity index (χ2n) is 2.98. The molecule has 74 valence electrons. The summed E-state index contributed by atoms with van der Waals surface area (Å²) >= 11 is 0. The third-order valence-corrected chi connectivity index (χ3v) is 1.88. The average Bonchev–Trinajstić information content (AvgIpc) is 2.67. The highest BCUT2D eigenvalue weighted by atomic mass is 15.2. The second kappa shape index (κ2) is 3.81. The average molecular weight is 200 g/mol. The Morgan fingerprint density at radius 2 is 2.07 bits per heavy atom. The summed E-state index contributed by atoms with van der Waals surface area (Å²) in [5.41, 5.74) is 9.70. The Balaban J connectivity index is 2.35. The van der Waals surface area contributed by atoms with Gasteiger partial charge in [0.15, 0.2) is 5.82 Å². The van der Waals surface area contributed by atoms with E-state index in [2.05, 4.69) is 25.2 Å². The number of benzene rings is 1. The molecule has 15 heavy (non-hydrogen) atoms. The Morgan fingerprint density at radius 1 is 1.33 bits per heavy atom. The molecule has 0 aliphatic rings. The minimum absolute atomic E-state index is 0.577. The second-order valence-corrected chi connectivity index (χ2v) is 2.98. The van der Waals surface area contributed by atoms with Gasteiger partial charge in [0, 0.05) is 16.2 Å². The smallest absolute Gasteiger partial charge is 0.181 e. The minimum Gasteiger partial charge on any atom is -0.263 e. The monoisotopic (exact) mass is 200 g/mol. The fraction of sp³-hybridized carbons (Fsp3) is 0.111. The summed E-state index contributed by atoms with van der Waals surface area (Å²) in [6.07, 6.45) is 0. The van der Waals surface area contributed by atoms with E-state index in [1.165, 1.54) is 0 Å². The van der Waals surface area contributed by atoms with Gasteiger partial charge in [-0.3, -0.25) is 5.10 Å². The normalized spacial score (nSPS) is 9.67. The standard InChI is InChI=1S/C9H8N6/c1-6-11-9(14-12-6)7-2-4-8(5-3-7)13-15-10/h2-5H,1H3,(H,11,12,14). The zero-order chi connectivity index (χ0) is 10.7. The number of aromatic nitrogens is 3. The van der Waals surface area contributed by atoms with E-state index in [0.29, 0.717) is 11.5 Å². The van der Waals surface area contributed by atoms with Crippen LogP contribution in [0.5, 0.6) is 0 Å². The number of aromatic amines is 1. The van der Waals surface area contributed by atoms with E-state index in [1.807, 2.05) is 19.1 Å². The number of nitrogens with one attached hydrogen (secondary N) is 1. The largest absolute Gasteiger partial charge is 0.263 e. The third-order valence-electron chi connectivity index (χ3n) is 1.88. The summed E-state index contributed by atoms with van der Waals surface area (Å²) in [4.78, 5) is 6.89.